The van der Waals surface area contributed by atoms with E-state index < -0.39 is 19.1 Å². The molecular formula is H5CaO2PSiTi. The van der Waals surface area contributed by atoms with E-state index in [0.717, 1.165) is 0 Å². The SMILES string of the molecule is [O]=[Ti]=[O].[SiH3][Ca][PH2]. The summed E-state index contributed by atoms with van der Waals surface area (Å²) < 4.78 is 19.8. The zero-order valence-electron chi connectivity index (χ0n) is 3.60. The molecule has 0 heterocycles. The summed E-state index contributed by atoms with van der Waals surface area (Å²) in [4.78, 5) is 0. The molecule has 0 aliphatic rings. The summed E-state index contributed by atoms with van der Waals surface area (Å²) in [6.07, 6.45) is 0. The first kappa shape index (κ1) is 11.1. The monoisotopic (exact) mass is 184 g/mol. The van der Waals surface area contributed by atoms with E-state index in [4.69, 9.17) is 6.65 Å². The predicted octanol–water partition coefficient (Wildman–Crippen LogP) is -1.48. The van der Waals surface area contributed by atoms with Gasteiger partial charge >= 0.3 is 67.8 Å². The Bertz CT molecular complexity index is 42.8. The van der Waals surface area contributed by atoms with Gasteiger partial charge in [0, 0.05) is 0 Å². The van der Waals surface area contributed by atoms with Gasteiger partial charge in [0.2, 0.25) is 0 Å². The van der Waals surface area contributed by atoms with Gasteiger partial charge in [-0.1, -0.05) is 0 Å². The molecule has 1 unspecified atom stereocenters. The summed E-state index contributed by atoms with van der Waals surface area (Å²) in [6.45, 7) is 0. The molecule has 0 aromatic heterocycles. The van der Waals surface area contributed by atoms with E-state index in [2.05, 4.69) is 4.65 Å². The van der Waals surface area contributed by atoms with Crippen molar-refractivity contribution >= 4 is 42.1 Å². The van der Waals surface area contributed by atoms with E-state index in [-0.39, 0.29) is 32.0 Å². The van der Waals surface area contributed by atoms with Gasteiger partial charge in [0.05, 0.1) is 0 Å². The van der Waals surface area contributed by atoms with Gasteiger partial charge in [0.25, 0.3) is 0 Å². The molecule has 1 atom stereocenters. The molecule has 0 radical (unpaired) electrons. The Hall–Kier alpha value is 2.22. The summed E-state index contributed by atoms with van der Waals surface area (Å²) in [7, 11) is 0. The molecule has 6 heavy (non-hydrogen) atoms. The fourth-order valence-electron chi connectivity index (χ4n) is 0. The average Bonchev–Trinajstić information content (AvgIpc) is 1.39. The van der Waals surface area contributed by atoms with Crippen LogP contribution in [0.2, 0.25) is 0 Å². The maximum absolute atomic E-state index is 8.50. The van der Waals surface area contributed by atoms with Crippen molar-refractivity contribution in [2.45, 2.75) is 0 Å². The van der Waals surface area contributed by atoms with E-state index >= 15 is 0 Å². The van der Waals surface area contributed by atoms with Crippen LogP contribution in [0.25, 0.3) is 0 Å². The van der Waals surface area contributed by atoms with Crippen LogP contribution in [0.15, 0.2) is 0 Å². The molecule has 32 valence electrons. The second-order valence-electron chi connectivity index (χ2n) is 0.492. The summed E-state index contributed by atoms with van der Waals surface area (Å²) in [5.74, 6) is 0. The Labute approximate surface area is 66.5 Å². The van der Waals surface area contributed by atoms with Crippen molar-refractivity contribution in [2.24, 2.45) is 0 Å². The third kappa shape index (κ3) is 34.4. The Kier molecular flexibility index (Phi) is 29.0. The second-order valence-corrected chi connectivity index (χ2v) is 15.5. The van der Waals surface area contributed by atoms with Crippen LogP contribution in [0.1, 0.15) is 0 Å². The van der Waals surface area contributed by atoms with Gasteiger partial charge < -0.3 is 0 Å². The molecule has 2 nitrogen and oxygen atoms in total. The van der Waals surface area contributed by atoms with Crippen LogP contribution in [0.4, 0.5) is 0 Å². The van der Waals surface area contributed by atoms with Gasteiger partial charge in [-0.05, 0) is 0 Å². The third-order valence-electron chi connectivity index (χ3n) is 0. The molecule has 0 bridgehead atoms. The zero-order chi connectivity index (χ0) is 5.41. The van der Waals surface area contributed by atoms with Crippen molar-refractivity contribution in [1.29, 1.82) is 0 Å². The molecule has 0 amide bonds. The Balaban J connectivity index is 0. The first-order valence-electron chi connectivity index (χ1n) is 1.52. The molecule has 0 aliphatic heterocycles. The zero-order valence-corrected chi connectivity index (χ0v) is 10.5. The van der Waals surface area contributed by atoms with Gasteiger partial charge in [-0.15, -0.1) is 0 Å². The maximum atomic E-state index is 8.50. The second kappa shape index (κ2) is 15.7. The van der Waals surface area contributed by atoms with Gasteiger partial charge in [0.1, 0.15) is 0 Å². The van der Waals surface area contributed by atoms with Crippen LogP contribution in [-0.2, 0) is 25.7 Å². The van der Waals surface area contributed by atoms with Gasteiger partial charge in [-0.25, -0.2) is 0 Å². The summed E-state index contributed by atoms with van der Waals surface area (Å²) >= 11 is -1.82. The normalized spacial score (nSPS) is 3.50. The molecule has 0 saturated carbocycles. The molecule has 0 aromatic carbocycles. The van der Waals surface area contributed by atoms with E-state index in [1.165, 1.54) is 5.38 Å². The van der Waals surface area contributed by atoms with Crippen molar-refractivity contribution in [2.75, 3.05) is 0 Å². The minimum atomic E-state index is -2.00. The Morgan fingerprint density at radius 3 is 1.67 bits per heavy atom. The third-order valence-corrected chi connectivity index (χ3v) is 0. The van der Waals surface area contributed by atoms with Crippen LogP contribution in [0, 0.1) is 0 Å². The minimum absolute atomic E-state index is 0.181. The average molecular weight is 184 g/mol. The van der Waals surface area contributed by atoms with E-state index in [1.807, 2.05) is 0 Å². The summed E-state index contributed by atoms with van der Waals surface area (Å²) in [5.41, 5.74) is 0. The van der Waals surface area contributed by atoms with Gasteiger partial charge in [0.15, 0.2) is 0 Å². The van der Waals surface area contributed by atoms with Crippen molar-refractivity contribution < 1.29 is 25.7 Å². The quantitative estimate of drug-likeness (QED) is 0.340. The summed E-state index contributed by atoms with van der Waals surface area (Å²) in [6, 6.07) is 0. The standard InChI is InChI=1S/Ca.2O.H2P.H3Si.Ti/h;;;1H2;1H3;/q+1;;;-1;;. The van der Waals surface area contributed by atoms with E-state index in [0.29, 0.717) is 0 Å². The number of rotatable bonds is 0. The molecule has 6 heteroatoms. The Morgan fingerprint density at radius 1 is 1.67 bits per heavy atom. The fourth-order valence-corrected chi connectivity index (χ4v) is 0. The van der Waals surface area contributed by atoms with Gasteiger partial charge in [-0.3, -0.25) is 0 Å². The number of hydrogen-bond acceptors (Lipinski definition) is 2. The van der Waals surface area contributed by atoms with Gasteiger partial charge in [-0.2, -0.15) is 0 Å². The molecule has 0 spiro atoms. The topological polar surface area (TPSA) is 34.1 Å². The fraction of sp³-hybridized carbons (Fsp3) is 0. The number of hydrogen-bond donors (Lipinski definition) is 0. The van der Waals surface area contributed by atoms with Crippen LogP contribution in [0.5, 0.6) is 0 Å². The van der Waals surface area contributed by atoms with Crippen LogP contribution in [-0.4, -0.2) is 37.4 Å². The molecular weight excluding hydrogens is 179 g/mol. The summed E-state index contributed by atoms with van der Waals surface area (Å²) in [5, 5.41) is 1.52. The predicted molar refractivity (Wildman–Crippen MR) is 26.8 cm³/mol. The molecule has 0 aromatic rings. The van der Waals surface area contributed by atoms with Crippen LogP contribution >= 0.6 is 4.65 Å². The molecule has 0 aliphatic carbocycles. The van der Waals surface area contributed by atoms with Crippen LogP contribution in [0.3, 0.4) is 0 Å². The first-order chi connectivity index (χ1) is 2.83. The Morgan fingerprint density at radius 2 is 1.67 bits per heavy atom. The first-order valence-corrected chi connectivity index (χ1v) is 15.5. The van der Waals surface area contributed by atoms with E-state index in [9.17, 15) is 0 Å². The van der Waals surface area contributed by atoms with Crippen molar-refractivity contribution in [3.63, 3.8) is 0 Å². The van der Waals surface area contributed by atoms with Crippen molar-refractivity contribution in [3.8, 4) is 0 Å². The van der Waals surface area contributed by atoms with E-state index in [1.54, 1.807) is 0 Å². The molecule has 0 rings (SSSR count). The van der Waals surface area contributed by atoms with Crippen molar-refractivity contribution in [3.05, 3.63) is 0 Å². The van der Waals surface area contributed by atoms with Crippen LogP contribution < -0.4 is 0 Å². The molecule has 0 N–H and O–H groups in total. The van der Waals surface area contributed by atoms with Crippen molar-refractivity contribution in [1.82, 2.24) is 0 Å². The molecule has 0 fully saturated rings. The molecule has 0 saturated heterocycles.